The van der Waals surface area contributed by atoms with Gasteiger partial charge in [0.1, 0.15) is 24.4 Å². The highest BCUT2D eigenvalue weighted by Crippen LogP contribution is 2.50. The van der Waals surface area contributed by atoms with Crippen LogP contribution in [0.2, 0.25) is 5.02 Å². The molecule has 1 aromatic carbocycles. The maximum atomic E-state index is 12.5. The molecule has 4 aromatic rings. The van der Waals surface area contributed by atoms with Crippen LogP contribution in [-0.4, -0.2) is 56.4 Å². The van der Waals surface area contributed by atoms with Gasteiger partial charge in [-0.05, 0) is 37.1 Å². The van der Waals surface area contributed by atoms with Gasteiger partial charge in [-0.25, -0.2) is 0 Å². The lowest BCUT2D eigenvalue weighted by Gasteiger charge is -2.58. The zero-order chi connectivity index (χ0) is 22.6. The average Bonchev–Trinajstić information content (AvgIpc) is 3.22. The lowest BCUT2D eigenvalue weighted by molar-refractivity contribution is -0.120. The zero-order valence-electron chi connectivity index (χ0n) is 18.3. The first kappa shape index (κ1) is 20.5. The summed E-state index contributed by atoms with van der Waals surface area (Å²) in [6.07, 6.45) is 7.56. The summed E-state index contributed by atoms with van der Waals surface area (Å²) in [5.41, 5.74) is 1.03. The van der Waals surface area contributed by atoms with Crippen LogP contribution in [0, 0.1) is 5.41 Å². The van der Waals surface area contributed by atoms with E-state index in [0.717, 1.165) is 55.0 Å². The number of hydrogen-bond acceptors (Lipinski definition) is 6. The van der Waals surface area contributed by atoms with Gasteiger partial charge in [-0.15, -0.1) is 10.2 Å². The highest BCUT2D eigenvalue weighted by molar-refractivity contribution is 6.35. The second-order valence-corrected chi connectivity index (χ2v) is 9.64. The number of pyridine rings is 2. The number of halogens is 1. The minimum Gasteiger partial charge on any atom is -0.492 e. The lowest BCUT2D eigenvalue weighted by Crippen LogP contribution is -2.65. The largest absolute Gasteiger partial charge is 0.492 e. The molecule has 0 amide bonds. The zero-order valence-corrected chi connectivity index (χ0v) is 19.0. The molecular formula is C24H24ClN5O3. The number of hydrogen-bond donors (Lipinski definition) is 0. The number of ether oxygens (including phenoxy) is 2. The van der Waals surface area contributed by atoms with E-state index in [2.05, 4.69) is 15.1 Å². The van der Waals surface area contributed by atoms with Crippen LogP contribution in [0.5, 0.6) is 11.5 Å². The molecule has 2 fully saturated rings. The van der Waals surface area contributed by atoms with Crippen LogP contribution in [-0.2, 0) is 7.05 Å². The number of aromatic nitrogens is 4. The lowest BCUT2D eigenvalue weighted by atomic mass is 9.62. The summed E-state index contributed by atoms with van der Waals surface area (Å²) in [5, 5.41) is 9.68. The van der Waals surface area contributed by atoms with Crippen LogP contribution in [0.15, 0.2) is 53.8 Å². The molecule has 6 rings (SSSR count). The second kappa shape index (κ2) is 7.74. The third-order valence-electron chi connectivity index (χ3n) is 6.83. The first-order valence-electron chi connectivity index (χ1n) is 11.1. The number of nitrogens with zero attached hydrogens (tertiary/aromatic N) is 5. The molecule has 1 saturated carbocycles. The van der Waals surface area contributed by atoms with Crippen LogP contribution >= 0.6 is 11.6 Å². The molecule has 2 aliphatic rings. The number of rotatable bonds is 6. The fourth-order valence-corrected chi connectivity index (χ4v) is 5.40. The van der Waals surface area contributed by atoms with E-state index in [1.54, 1.807) is 25.6 Å². The van der Waals surface area contributed by atoms with E-state index in [1.807, 2.05) is 34.9 Å². The number of fused-ring (bicyclic) bond motifs is 2. The summed E-state index contributed by atoms with van der Waals surface area (Å²) in [6, 6.07) is 9.35. The smallest absolute Gasteiger partial charge is 0.259 e. The van der Waals surface area contributed by atoms with E-state index >= 15 is 0 Å². The Hall–Kier alpha value is -3.10. The Morgan fingerprint density at radius 1 is 1.18 bits per heavy atom. The normalized spacial score (nSPS) is 17.9. The molecule has 9 heteroatoms. The molecule has 1 aliphatic carbocycles. The van der Waals surface area contributed by atoms with E-state index in [9.17, 15) is 4.79 Å². The van der Waals surface area contributed by atoms with E-state index < -0.39 is 0 Å². The Balaban J connectivity index is 1.01. The molecule has 1 aliphatic heterocycles. The Morgan fingerprint density at radius 3 is 2.88 bits per heavy atom. The Kier molecular flexibility index (Phi) is 4.81. The van der Waals surface area contributed by atoms with Gasteiger partial charge in [0.15, 0.2) is 5.65 Å². The fraction of sp³-hybridized carbons (Fsp3) is 0.375. The SMILES string of the molecule is Cn1ccc2c(OC3CC4(C3)CN(CCOc3ccn5cnnc5c3)C4)ccc(Cl)c2c1=O. The van der Waals surface area contributed by atoms with Crippen LogP contribution in [0.25, 0.3) is 16.4 Å². The Labute approximate surface area is 195 Å². The minimum absolute atomic E-state index is 0.105. The maximum absolute atomic E-state index is 12.5. The topological polar surface area (TPSA) is 73.9 Å². The average molecular weight is 466 g/mol. The highest BCUT2D eigenvalue weighted by Gasteiger charge is 2.53. The van der Waals surface area contributed by atoms with Crippen LogP contribution in [0.3, 0.4) is 0 Å². The monoisotopic (exact) mass is 465 g/mol. The van der Waals surface area contributed by atoms with E-state index in [-0.39, 0.29) is 11.7 Å². The summed E-state index contributed by atoms with van der Waals surface area (Å²) in [6.45, 7) is 3.69. The molecule has 0 bridgehead atoms. The molecule has 1 spiro atoms. The third kappa shape index (κ3) is 3.63. The van der Waals surface area contributed by atoms with Crippen molar-refractivity contribution in [3.8, 4) is 11.5 Å². The first-order chi connectivity index (χ1) is 16.0. The van der Waals surface area contributed by atoms with Crippen molar-refractivity contribution < 1.29 is 9.47 Å². The van der Waals surface area contributed by atoms with Gasteiger partial charge in [0.25, 0.3) is 5.56 Å². The number of likely N-dealkylation sites (tertiary alicyclic amines) is 1. The highest BCUT2D eigenvalue weighted by atomic mass is 35.5. The van der Waals surface area contributed by atoms with Gasteiger partial charge in [-0.3, -0.25) is 14.1 Å². The van der Waals surface area contributed by atoms with Gasteiger partial charge in [-0.2, -0.15) is 0 Å². The first-order valence-corrected chi connectivity index (χ1v) is 11.5. The molecule has 0 N–H and O–H groups in total. The van der Waals surface area contributed by atoms with Crippen molar-refractivity contribution in [3.63, 3.8) is 0 Å². The van der Waals surface area contributed by atoms with E-state index in [0.29, 0.717) is 22.4 Å². The fourth-order valence-electron chi connectivity index (χ4n) is 5.16. The summed E-state index contributed by atoms with van der Waals surface area (Å²) < 4.78 is 15.6. The molecule has 33 heavy (non-hydrogen) atoms. The van der Waals surface area contributed by atoms with Crippen molar-refractivity contribution in [2.45, 2.75) is 18.9 Å². The summed E-state index contributed by atoms with van der Waals surface area (Å²) >= 11 is 6.29. The third-order valence-corrected chi connectivity index (χ3v) is 7.15. The quantitative estimate of drug-likeness (QED) is 0.435. The molecule has 0 atom stereocenters. The van der Waals surface area contributed by atoms with E-state index in [1.165, 1.54) is 4.57 Å². The van der Waals surface area contributed by atoms with Crippen molar-refractivity contribution in [2.75, 3.05) is 26.2 Å². The summed E-state index contributed by atoms with van der Waals surface area (Å²) in [7, 11) is 1.73. The molecule has 0 unspecified atom stereocenters. The van der Waals surface area contributed by atoms with Crippen molar-refractivity contribution in [2.24, 2.45) is 12.5 Å². The molecule has 1 saturated heterocycles. The predicted molar refractivity (Wildman–Crippen MR) is 125 cm³/mol. The molecule has 4 heterocycles. The van der Waals surface area contributed by atoms with Crippen LogP contribution < -0.4 is 15.0 Å². The van der Waals surface area contributed by atoms with Gasteiger partial charge in [0.2, 0.25) is 0 Å². The van der Waals surface area contributed by atoms with Gasteiger partial charge in [0.05, 0.1) is 16.5 Å². The van der Waals surface area contributed by atoms with Crippen molar-refractivity contribution in [3.05, 3.63) is 64.4 Å². The molecular weight excluding hydrogens is 442 g/mol. The Bertz CT molecular complexity index is 1400. The molecule has 0 radical (unpaired) electrons. The van der Waals surface area contributed by atoms with Crippen LogP contribution in [0.1, 0.15) is 12.8 Å². The maximum Gasteiger partial charge on any atom is 0.259 e. The molecule has 3 aromatic heterocycles. The van der Waals surface area contributed by atoms with Crippen molar-refractivity contribution in [1.82, 2.24) is 24.1 Å². The van der Waals surface area contributed by atoms with Gasteiger partial charge < -0.3 is 14.0 Å². The van der Waals surface area contributed by atoms with Gasteiger partial charge in [-0.1, -0.05) is 11.6 Å². The number of aryl methyl sites for hydroxylation is 1. The molecule has 170 valence electrons. The summed E-state index contributed by atoms with van der Waals surface area (Å²) in [4.78, 5) is 14.9. The standard InChI is InChI=1S/C24H24ClN5O3/c1-28-6-5-18-20(3-2-19(25)22(18)23(28)31)33-17-11-24(12-17)13-29(14-24)8-9-32-16-4-7-30-15-26-27-21(30)10-16/h2-7,10,15,17H,8-9,11-14H2,1H3. The van der Waals surface area contributed by atoms with Crippen molar-refractivity contribution in [1.29, 1.82) is 0 Å². The Morgan fingerprint density at radius 2 is 2.03 bits per heavy atom. The van der Waals surface area contributed by atoms with Crippen molar-refractivity contribution >= 4 is 28.0 Å². The predicted octanol–water partition coefficient (Wildman–Crippen LogP) is 3.16. The van der Waals surface area contributed by atoms with Crippen LogP contribution in [0.4, 0.5) is 0 Å². The molecule has 8 nitrogen and oxygen atoms in total. The van der Waals surface area contributed by atoms with Gasteiger partial charge >= 0.3 is 0 Å². The minimum atomic E-state index is -0.105. The number of benzene rings is 1. The van der Waals surface area contributed by atoms with Gasteiger partial charge in [0, 0.05) is 55.9 Å². The van der Waals surface area contributed by atoms with E-state index in [4.69, 9.17) is 21.1 Å². The second-order valence-electron chi connectivity index (χ2n) is 9.23. The summed E-state index contributed by atoms with van der Waals surface area (Å²) in [5.74, 6) is 1.55.